The van der Waals surface area contributed by atoms with Crippen LogP contribution in [-0.2, 0) is 0 Å². The molecule has 0 spiro atoms. The van der Waals surface area contributed by atoms with Crippen molar-refractivity contribution in [2.75, 3.05) is 32.8 Å². The molecule has 4 N–H and O–H groups in total. The highest BCUT2D eigenvalue weighted by atomic mass is 35.5. The standard InChI is InChI=1S/C21H20ClFN2OS.C21H20F2N2OS.C18H17F4NOS.C17H15F4NOS/c1-13-2-7-17(8-3-13)27-20-10-14(4-5-15(20)12-24)21(26)25-16-6-9-19(23)18(22)11-16;1-13-2-7-17(8-3-13)27-20-10-14(4-5-15(20)12-24)21(26)25-16-6-9-18(22)19(23)11-16;1-10(2)5-6-25-16-7-11(3-4-13(16)19)18(24)23-12-8-14(20)17(22)15(21)9-12;1-2-3-6-24-15-7-10(4-5-12(15)18)17(23)22-11-8-13(19)16(21)14(20)9-11/h2*4-6,9-11,13,17H,2-3,7-8H2,1H3,(H,25,26);3-4,7-10H,5-6H2,1-2H3,(H,23,24);4-5,7-9H,2-3,6H2,1H3,(H,22,23). The molecule has 2 aliphatic rings. The van der Waals surface area contributed by atoms with Crippen LogP contribution in [0.3, 0.4) is 0 Å². The molecule has 103 heavy (non-hydrogen) atoms. The summed E-state index contributed by atoms with van der Waals surface area (Å²) in [6.45, 7) is 10.7. The number of carbonyl (C=O) groups excluding carboxylic acids is 4. The van der Waals surface area contributed by atoms with Crippen molar-refractivity contribution in [1.29, 1.82) is 10.5 Å². The molecule has 0 aliphatic heterocycles. The van der Waals surface area contributed by atoms with Crippen LogP contribution in [0.1, 0.15) is 158 Å². The summed E-state index contributed by atoms with van der Waals surface area (Å²) in [5.74, 6) is -10.9. The van der Waals surface area contributed by atoms with Gasteiger partial charge in [-0.05, 0) is 197 Å². The van der Waals surface area contributed by atoms with Gasteiger partial charge in [0.1, 0.15) is 29.6 Å². The average molecular weight is 1520 g/mol. The van der Waals surface area contributed by atoms with E-state index in [9.17, 15) is 78.0 Å². The van der Waals surface area contributed by atoms with E-state index in [0.717, 1.165) is 84.8 Å². The molecule has 0 saturated heterocycles. The number of halogens is 12. The molecule has 4 amide bonds. The lowest BCUT2D eigenvalue weighted by atomic mass is 9.91. The predicted molar refractivity (Wildman–Crippen MR) is 388 cm³/mol. The lowest BCUT2D eigenvalue weighted by Crippen LogP contribution is -2.15. The molecule has 26 heteroatoms. The van der Waals surface area contributed by atoms with Gasteiger partial charge < -0.3 is 21.3 Å². The minimum Gasteiger partial charge on any atom is -0.322 e. The summed E-state index contributed by atoms with van der Waals surface area (Å²) >= 11 is 11.7. The second-order valence-electron chi connectivity index (χ2n) is 24.8. The number of rotatable bonds is 20. The lowest BCUT2D eigenvalue weighted by Gasteiger charge is -2.26. The Kier molecular flexibility index (Phi) is 31.8. The molecular weight excluding hydrogens is 1450 g/mol. The highest BCUT2D eigenvalue weighted by molar-refractivity contribution is 8.00. The molecule has 0 aromatic heterocycles. The van der Waals surface area contributed by atoms with Gasteiger partial charge in [0.25, 0.3) is 23.6 Å². The van der Waals surface area contributed by atoms with Gasteiger partial charge in [0.05, 0.1) is 16.1 Å². The van der Waals surface area contributed by atoms with Crippen molar-refractivity contribution in [1.82, 2.24) is 0 Å². The number of hydrogen-bond donors (Lipinski definition) is 4. The van der Waals surface area contributed by atoms with Crippen LogP contribution in [0.15, 0.2) is 153 Å². The van der Waals surface area contributed by atoms with E-state index in [4.69, 9.17) is 11.6 Å². The van der Waals surface area contributed by atoms with Crippen LogP contribution in [0.25, 0.3) is 0 Å². The van der Waals surface area contributed by atoms with Gasteiger partial charge >= 0.3 is 0 Å². The molecule has 8 aromatic rings. The molecule has 8 aromatic carbocycles. The molecule has 542 valence electrons. The van der Waals surface area contributed by atoms with Crippen LogP contribution in [0, 0.1) is 104 Å². The molecule has 10 rings (SSSR count). The predicted octanol–water partition coefficient (Wildman–Crippen LogP) is 23.1. The second kappa shape index (κ2) is 40.0. The smallest absolute Gasteiger partial charge is 0.255 e. The van der Waals surface area contributed by atoms with Gasteiger partial charge in [-0.3, -0.25) is 19.2 Å². The number of carbonyl (C=O) groups is 4. The summed E-state index contributed by atoms with van der Waals surface area (Å²) in [4.78, 5) is 51.6. The van der Waals surface area contributed by atoms with Gasteiger partial charge in [-0.1, -0.05) is 52.6 Å². The number of benzene rings is 8. The summed E-state index contributed by atoms with van der Waals surface area (Å²) in [7, 11) is 0. The van der Waals surface area contributed by atoms with Crippen molar-refractivity contribution in [3.05, 3.63) is 236 Å². The zero-order chi connectivity index (χ0) is 75.0. The van der Waals surface area contributed by atoms with Crippen LogP contribution < -0.4 is 21.3 Å². The van der Waals surface area contributed by atoms with E-state index < -0.39 is 81.7 Å². The lowest BCUT2D eigenvalue weighted by molar-refractivity contribution is 0.101. The van der Waals surface area contributed by atoms with Gasteiger partial charge in [-0.25, -0.2) is 48.3 Å². The van der Waals surface area contributed by atoms with Gasteiger partial charge in [-0.2, -0.15) is 10.5 Å². The quantitative estimate of drug-likeness (QED) is 0.0250. The molecule has 2 fully saturated rings. The fourth-order valence-corrected chi connectivity index (χ4v) is 15.3. The fourth-order valence-electron chi connectivity index (χ4n) is 10.2. The topological polar surface area (TPSA) is 164 Å². The van der Waals surface area contributed by atoms with Crippen molar-refractivity contribution in [2.24, 2.45) is 17.8 Å². The Hall–Kier alpha value is -8.46. The monoisotopic (exact) mass is 1520 g/mol. The van der Waals surface area contributed by atoms with Gasteiger partial charge in [-0.15, -0.1) is 47.0 Å². The third kappa shape index (κ3) is 25.1. The molecule has 0 atom stereocenters. The van der Waals surface area contributed by atoms with E-state index in [0.29, 0.717) is 89.9 Å². The van der Waals surface area contributed by atoms with Gasteiger partial charge in [0, 0.05) is 105 Å². The molecule has 2 saturated carbocycles. The van der Waals surface area contributed by atoms with Crippen LogP contribution in [0.2, 0.25) is 5.02 Å². The first kappa shape index (κ1) is 81.8. The Bertz CT molecular complexity index is 4220. The first-order valence-electron chi connectivity index (χ1n) is 32.8. The van der Waals surface area contributed by atoms with E-state index in [1.807, 2.05) is 6.92 Å². The minimum atomic E-state index is -1.61. The van der Waals surface area contributed by atoms with Crippen molar-refractivity contribution in [2.45, 2.75) is 135 Å². The van der Waals surface area contributed by atoms with Crippen molar-refractivity contribution in [3.8, 4) is 12.1 Å². The molecule has 2 aliphatic carbocycles. The first-order valence-corrected chi connectivity index (χ1v) is 36.9. The minimum absolute atomic E-state index is 0.0459. The first-order chi connectivity index (χ1) is 49.1. The van der Waals surface area contributed by atoms with E-state index in [1.165, 1.54) is 104 Å². The van der Waals surface area contributed by atoms with Crippen LogP contribution in [0.4, 0.5) is 71.0 Å². The Morgan fingerprint density at radius 2 is 0.767 bits per heavy atom. The number of nitrogens with one attached hydrogen (secondary N) is 4. The molecule has 10 nitrogen and oxygen atoms in total. The van der Waals surface area contributed by atoms with E-state index >= 15 is 0 Å². The van der Waals surface area contributed by atoms with E-state index in [1.54, 1.807) is 59.9 Å². The molecule has 0 heterocycles. The van der Waals surface area contributed by atoms with Crippen LogP contribution in [0.5, 0.6) is 0 Å². The van der Waals surface area contributed by atoms with Crippen molar-refractivity contribution >= 4 is 105 Å². The van der Waals surface area contributed by atoms with E-state index in [2.05, 4.69) is 61.1 Å². The van der Waals surface area contributed by atoms with E-state index in [-0.39, 0.29) is 39.1 Å². The van der Waals surface area contributed by atoms with Crippen molar-refractivity contribution < 1.29 is 67.5 Å². The normalized spacial score (nSPS) is 15.3. The van der Waals surface area contributed by atoms with Gasteiger partial charge in [0.2, 0.25) is 0 Å². The van der Waals surface area contributed by atoms with Crippen LogP contribution in [-0.4, -0.2) is 45.6 Å². The largest absolute Gasteiger partial charge is 0.322 e. The number of unbranched alkanes of at least 4 members (excludes halogenated alkanes) is 1. The average Bonchev–Trinajstić information content (AvgIpc) is 0.857. The summed E-state index contributed by atoms with van der Waals surface area (Å²) in [6.07, 6.45) is 12.0. The number of hydrogen-bond acceptors (Lipinski definition) is 10. The molecular formula is C77H72ClF11N6O4S4. The summed E-state index contributed by atoms with van der Waals surface area (Å²) in [6, 6.07) is 32.0. The Labute approximate surface area is 613 Å². The Balaban J connectivity index is 0.000000193. The maximum Gasteiger partial charge on any atom is 0.255 e. The number of nitriles is 2. The summed E-state index contributed by atoms with van der Waals surface area (Å²) < 4.78 is 146. The zero-order valence-electron chi connectivity index (χ0n) is 56.5. The third-order valence-corrected chi connectivity index (χ3v) is 21.4. The highest BCUT2D eigenvalue weighted by Crippen LogP contribution is 2.40. The summed E-state index contributed by atoms with van der Waals surface area (Å²) in [5.41, 5.74) is 2.40. The van der Waals surface area contributed by atoms with Gasteiger partial charge in [0.15, 0.2) is 46.5 Å². The second-order valence-corrected chi connectivity index (χ2v) is 30.1. The zero-order valence-corrected chi connectivity index (χ0v) is 60.5. The summed E-state index contributed by atoms with van der Waals surface area (Å²) in [5, 5.41) is 29.5. The van der Waals surface area contributed by atoms with Crippen LogP contribution >= 0.6 is 58.6 Å². The molecule has 0 bridgehead atoms. The number of thioether (sulfide) groups is 4. The Morgan fingerprint density at radius 3 is 1.14 bits per heavy atom. The third-order valence-electron chi connectivity index (χ3n) is 16.2. The number of nitrogens with zero attached hydrogens (tertiary/aromatic N) is 2. The fraction of sp³-hybridized carbons (Fsp3) is 0.299. The number of anilines is 4. The maximum atomic E-state index is 13.8. The SMILES string of the molecule is CC(C)CCSc1cc(C(=O)Nc2cc(F)c(F)c(F)c2)ccc1F.CC1CCC(Sc2cc(C(=O)Nc3ccc(F)c(Cl)c3)ccc2C#N)CC1.CC1CCC(Sc2cc(C(=O)Nc3ccc(F)c(F)c3)ccc2C#N)CC1.CCCCSc1cc(C(=O)Nc2cc(F)c(F)c(F)c2)ccc1F. The Morgan fingerprint density at radius 1 is 0.427 bits per heavy atom. The number of amides is 4. The van der Waals surface area contributed by atoms with Crippen molar-refractivity contribution in [3.63, 3.8) is 0 Å². The molecule has 0 radical (unpaired) electrons. The maximum absolute atomic E-state index is 13.8. The molecule has 0 unspecified atom stereocenters. The highest BCUT2D eigenvalue weighted by Gasteiger charge is 2.25.